The summed E-state index contributed by atoms with van der Waals surface area (Å²) in [5.74, 6) is 0.0308. The molecule has 21 heavy (non-hydrogen) atoms. The SMILES string of the molecule is CN(C)S(=O)(=O)c1c(N)nsc1NCCCn1cccn1. The molecule has 2 heterocycles. The predicted molar refractivity (Wildman–Crippen MR) is 82.7 cm³/mol. The fraction of sp³-hybridized carbons (Fsp3) is 0.455. The van der Waals surface area contributed by atoms with Gasteiger partial charge < -0.3 is 11.1 Å². The van der Waals surface area contributed by atoms with Gasteiger partial charge in [-0.05, 0) is 24.0 Å². The molecule has 0 atom stereocenters. The van der Waals surface area contributed by atoms with Crippen LogP contribution in [0.25, 0.3) is 0 Å². The van der Waals surface area contributed by atoms with Crippen molar-refractivity contribution in [3.05, 3.63) is 18.5 Å². The molecule has 0 aliphatic heterocycles. The maximum Gasteiger partial charge on any atom is 0.249 e. The van der Waals surface area contributed by atoms with Gasteiger partial charge in [-0.15, -0.1) is 0 Å². The first-order valence-electron chi connectivity index (χ1n) is 6.32. The second-order valence-electron chi connectivity index (χ2n) is 4.56. The van der Waals surface area contributed by atoms with Crippen molar-refractivity contribution in [2.45, 2.75) is 17.9 Å². The highest BCUT2D eigenvalue weighted by molar-refractivity contribution is 7.89. The lowest BCUT2D eigenvalue weighted by molar-refractivity contribution is 0.521. The van der Waals surface area contributed by atoms with Crippen LogP contribution in [-0.4, -0.2) is 47.5 Å². The molecular formula is C11H18N6O2S2. The lowest BCUT2D eigenvalue weighted by Gasteiger charge is -2.12. The van der Waals surface area contributed by atoms with Gasteiger partial charge in [0.25, 0.3) is 0 Å². The van der Waals surface area contributed by atoms with Crippen LogP contribution in [0.15, 0.2) is 23.4 Å². The summed E-state index contributed by atoms with van der Waals surface area (Å²) >= 11 is 1.05. The van der Waals surface area contributed by atoms with Crippen LogP contribution in [0.2, 0.25) is 0 Å². The topological polar surface area (TPSA) is 106 Å². The van der Waals surface area contributed by atoms with Crippen molar-refractivity contribution in [1.29, 1.82) is 0 Å². The molecule has 0 amide bonds. The second kappa shape index (κ2) is 6.41. The van der Waals surface area contributed by atoms with E-state index in [2.05, 4.69) is 14.8 Å². The standard InChI is InChI=1S/C11H18N6O2S2/c1-16(2)21(18,19)9-10(12)15-20-11(9)13-5-3-7-17-8-4-6-14-17/h4,6,8,13H,3,5,7H2,1-2H3,(H2,12,15). The molecule has 3 N–H and O–H groups in total. The Morgan fingerprint density at radius 2 is 2.24 bits per heavy atom. The highest BCUT2D eigenvalue weighted by Crippen LogP contribution is 2.32. The molecule has 10 heteroatoms. The minimum absolute atomic E-state index is 0.0308. The molecule has 0 aromatic carbocycles. The van der Waals surface area contributed by atoms with Crippen LogP contribution in [0.1, 0.15) is 6.42 Å². The van der Waals surface area contributed by atoms with Gasteiger partial charge in [-0.25, -0.2) is 12.7 Å². The van der Waals surface area contributed by atoms with Crippen molar-refractivity contribution in [3.8, 4) is 0 Å². The van der Waals surface area contributed by atoms with E-state index in [1.165, 1.54) is 14.1 Å². The fourth-order valence-electron chi connectivity index (χ4n) is 1.71. The second-order valence-corrected chi connectivity index (χ2v) is 7.43. The summed E-state index contributed by atoms with van der Waals surface area (Å²) in [6, 6.07) is 1.86. The molecule has 2 rings (SSSR count). The number of aromatic nitrogens is 3. The molecular weight excluding hydrogens is 312 g/mol. The Kier molecular flexibility index (Phi) is 4.80. The van der Waals surface area contributed by atoms with E-state index in [1.54, 1.807) is 6.20 Å². The quantitative estimate of drug-likeness (QED) is 0.723. The minimum atomic E-state index is -3.60. The molecule has 0 fully saturated rings. The van der Waals surface area contributed by atoms with E-state index >= 15 is 0 Å². The van der Waals surface area contributed by atoms with Gasteiger partial charge in [0, 0.05) is 39.6 Å². The summed E-state index contributed by atoms with van der Waals surface area (Å²) in [6.45, 7) is 1.36. The number of hydrogen-bond donors (Lipinski definition) is 2. The highest BCUT2D eigenvalue weighted by atomic mass is 32.2. The monoisotopic (exact) mass is 330 g/mol. The summed E-state index contributed by atoms with van der Waals surface area (Å²) in [4.78, 5) is 0.0524. The lowest BCUT2D eigenvalue weighted by Crippen LogP contribution is -2.23. The number of aryl methyl sites for hydroxylation is 1. The average Bonchev–Trinajstić information content (AvgIpc) is 3.04. The van der Waals surface area contributed by atoms with Gasteiger partial charge in [-0.1, -0.05) is 0 Å². The maximum atomic E-state index is 12.2. The molecule has 116 valence electrons. The Morgan fingerprint density at radius 1 is 1.48 bits per heavy atom. The first-order chi connectivity index (χ1) is 9.93. The van der Waals surface area contributed by atoms with Crippen LogP contribution in [0, 0.1) is 0 Å². The molecule has 0 aliphatic rings. The van der Waals surface area contributed by atoms with Crippen molar-refractivity contribution in [1.82, 2.24) is 18.5 Å². The number of nitrogens with one attached hydrogen (secondary N) is 1. The van der Waals surface area contributed by atoms with Crippen molar-refractivity contribution < 1.29 is 8.42 Å². The predicted octanol–water partition coefficient (Wildman–Crippen LogP) is 0.674. The van der Waals surface area contributed by atoms with E-state index in [-0.39, 0.29) is 10.7 Å². The van der Waals surface area contributed by atoms with Crippen molar-refractivity contribution in [2.75, 3.05) is 31.7 Å². The van der Waals surface area contributed by atoms with E-state index in [0.717, 1.165) is 28.8 Å². The van der Waals surface area contributed by atoms with Crippen LogP contribution in [-0.2, 0) is 16.6 Å². The molecule has 0 saturated carbocycles. The Bertz CT molecular complexity index is 678. The zero-order valence-corrected chi connectivity index (χ0v) is 13.5. The van der Waals surface area contributed by atoms with Gasteiger partial charge in [0.1, 0.15) is 5.00 Å². The van der Waals surface area contributed by atoms with Crippen LogP contribution in [0.3, 0.4) is 0 Å². The smallest absolute Gasteiger partial charge is 0.249 e. The van der Waals surface area contributed by atoms with E-state index in [4.69, 9.17) is 5.73 Å². The van der Waals surface area contributed by atoms with Crippen LogP contribution >= 0.6 is 11.5 Å². The van der Waals surface area contributed by atoms with E-state index in [9.17, 15) is 8.42 Å². The number of nitrogens with zero attached hydrogens (tertiary/aromatic N) is 4. The molecule has 0 unspecified atom stereocenters. The average molecular weight is 330 g/mol. The van der Waals surface area contributed by atoms with Crippen LogP contribution in [0.4, 0.5) is 10.8 Å². The summed E-state index contributed by atoms with van der Waals surface area (Å²) < 4.78 is 31.3. The van der Waals surface area contributed by atoms with Gasteiger partial charge in [-0.2, -0.15) is 9.47 Å². The molecule has 0 aliphatic carbocycles. The molecule has 8 nitrogen and oxygen atoms in total. The zero-order valence-electron chi connectivity index (χ0n) is 11.9. The third-order valence-electron chi connectivity index (χ3n) is 2.82. The normalized spacial score (nSPS) is 12.0. The summed E-state index contributed by atoms with van der Waals surface area (Å²) in [7, 11) is -0.667. The fourth-order valence-corrected chi connectivity index (χ4v) is 3.82. The number of nitrogen functional groups attached to an aromatic ring is 1. The third kappa shape index (κ3) is 3.52. The van der Waals surface area contributed by atoms with Crippen LogP contribution in [0.5, 0.6) is 0 Å². The summed E-state index contributed by atoms with van der Waals surface area (Å²) in [5.41, 5.74) is 5.69. The molecule has 2 aromatic rings. The lowest BCUT2D eigenvalue weighted by atomic mass is 10.4. The molecule has 0 spiro atoms. The molecule has 2 aromatic heterocycles. The van der Waals surface area contributed by atoms with Gasteiger partial charge in [0.2, 0.25) is 10.0 Å². The van der Waals surface area contributed by atoms with E-state index < -0.39 is 10.0 Å². The number of hydrogen-bond acceptors (Lipinski definition) is 7. The molecule has 0 radical (unpaired) electrons. The van der Waals surface area contributed by atoms with Gasteiger partial charge in [0.05, 0.1) is 0 Å². The van der Waals surface area contributed by atoms with E-state index in [0.29, 0.717) is 11.5 Å². The maximum absolute atomic E-state index is 12.2. The largest absolute Gasteiger partial charge is 0.382 e. The highest BCUT2D eigenvalue weighted by Gasteiger charge is 2.27. The first-order valence-corrected chi connectivity index (χ1v) is 8.53. The number of anilines is 2. The Morgan fingerprint density at radius 3 is 2.86 bits per heavy atom. The first kappa shape index (κ1) is 15.7. The molecule has 0 saturated heterocycles. The number of sulfonamides is 1. The minimum Gasteiger partial charge on any atom is -0.382 e. The summed E-state index contributed by atoms with van der Waals surface area (Å²) in [6.07, 6.45) is 4.41. The van der Waals surface area contributed by atoms with Crippen molar-refractivity contribution >= 4 is 32.4 Å². The Hall–Kier alpha value is -1.65. The third-order valence-corrected chi connectivity index (χ3v) is 5.66. The molecule has 0 bridgehead atoms. The number of rotatable bonds is 7. The van der Waals surface area contributed by atoms with E-state index in [1.807, 2.05) is 16.9 Å². The Balaban J connectivity index is 2.01. The van der Waals surface area contributed by atoms with Gasteiger partial charge in [-0.3, -0.25) is 4.68 Å². The van der Waals surface area contributed by atoms with Gasteiger partial charge >= 0.3 is 0 Å². The van der Waals surface area contributed by atoms with Crippen LogP contribution < -0.4 is 11.1 Å². The number of nitrogens with two attached hydrogens (primary N) is 1. The zero-order chi connectivity index (χ0) is 15.5. The van der Waals surface area contributed by atoms with Gasteiger partial charge in [0.15, 0.2) is 10.7 Å². The van der Waals surface area contributed by atoms with Crippen molar-refractivity contribution in [2.24, 2.45) is 0 Å². The van der Waals surface area contributed by atoms with Crippen molar-refractivity contribution in [3.63, 3.8) is 0 Å². The summed E-state index contributed by atoms with van der Waals surface area (Å²) in [5, 5.41) is 7.66. The Labute approximate surface area is 127 Å².